The predicted molar refractivity (Wildman–Crippen MR) is 109 cm³/mol. The van der Waals surface area contributed by atoms with Crippen molar-refractivity contribution in [3.8, 4) is 5.75 Å². The maximum Gasteiger partial charge on any atom is 0.238 e. The summed E-state index contributed by atoms with van der Waals surface area (Å²) in [6.45, 7) is 0.640. The number of anilines is 1. The molecule has 7 heteroatoms. The molecule has 0 aromatic heterocycles. The van der Waals surface area contributed by atoms with E-state index in [1.807, 2.05) is 54.8 Å². The van der Waals surface area contributed by atoms with Crippen LogP contribution in [0.25, 0.3) is 0 Å². The number of hydrogen-bond acceptors (Lipinski definition) is 5. The minimum atomic E-state index is -0.156. The monoisotopic (exact) mass is 387 g/mol. The molecule has 0 heterocycles. The number of nitrogens with zero attached hydrogens (tertiary/aromatic N) is 1. The first-order valence-electron chi connectivity index (χ1n) is 8.53. The van der Waals surface area contributed by atoms with Gasteiger partial charge < -0.3 is 15.4 Å². The number of benzene rings is 2. The van der Waals surface area contributed by atoms with Gasteiger partial charge in [0.1, 0.15) is 5.75 Å². The van der Waals surface area contributed by atoms with Gasteiger partial charge in [-0.25, -0.2) is 0 Å². The molecule has 0 unspecified atom stereocenters. The number of rotatable bonds is 9. The number of carbonyl (C=O) groups excluding carboxylic acids is 2. The van der Waals surface area contributed by atoms with Crippen LogP contribution in [0.2, 0.25) is 0 Å². The molecule has 144 valence electrons. The van der Waals surface area contributed by atoms with Gasteiger partial charge in [0.05, 0.1) is 25.9 Å². The third kappa shape index (κ3) is 6.62. The first kappa shape index (κ1) is 20.8. The molecule has 2 amide bonds. The molecular formula is C20H25N3O3S. The number of hydrogen-bond donors (Lipinski definition) is 2. The quantitative estimate of drug-likeness (QED) is 0.647. The topological polar surface area (TPSA) is 70.7 Å². The molecule has 0 spiro atoms. The van der Waals surface area contributed by atoms with Gasteiger partial charge in [-0.2, -0.15) is 0 Å². The van der Waals surface area contributed by atoms with Gasteiger partial charge in [-0.1, -0.05) is 30.3 Å². The Kier molecular flexibility index (Phi) is 8.16. The molecule has 0 bridgehead atoms. The lowest BCUT2D eigenvalue weighted by Crippen LogP contribution is -2.38. The molecule has 0 aliphatic rings. The minimum Gasteiger partial charge on any atom is -0.496 e. The SMILES string of the molecule is COc1ccccc1CNC(=O)CN(C)CC(=O)Nc1ccccc1SC. The zero-order chi connectivity index (χ0) is 19.6. The zero-order valence-electron chi connectivity index (χ0n) is 15.8. The molecule has 0 atom stereocenters. The highest BCUT2D eigenvalue weighted by Crippen LogP contribution is 2.24. The summed E-state index contributed by atoms with van der Waals surface area (Å²) >= 11 is 1.57. The minimum absolute atomic E-state index is 0.130. The molecule has 2 aromatic carbocycles. The normalized spacial score (nSPS) is 10.5. The van der Waals surface area contributed by atoms with Crippen LogP contribution in [0.5, 0.6) is 5.75 Å². The molecule has 0 aliphatic carbocycles. The van der Waals surface area contributed by atoms with Crippen molar-refractivity contribution < 1.29 is 14.3 Å². The number of para-hydroxylation sites is 2. The van der Waals surface area contributed by atoms with Crippen LogP contribution in [0.15, 0.2) is 53.4 Å². The Morgan fingerprint density at radius 2 is 1.70 bits per heavy atom. The van der Waals surface area contributed by atoms with E-state index in [9.17, 15) is 9.59 Å². The van der Waals surface area contributed by atoms with E-state index < -0.39 is 0 Å². The summed E-state index contributed by atoms with van der Waals surface area (Å²) in [7, 11) is 3.34. The lowest BCUT2D eigenvalue weighted by Gasteiger charge is -2.17. The Bertz CT molecular complexity index is 783. The summed E-state index contributed by atoms with van der Waals surface area (Å²) in [5.41, 5.74) is 1.69. The Morgan fingerprint density at radius 3 is 2.44 bits per heavy atom. The molecular weight excluding hydrogens is 362 g/mol. The fourth-order valence-electron chi connectivity index (χ4n) is 2.58. The summed E-state index contributed by atoms with van der Waals surface area (Å²) < 4.78 is 5.27. The first-order chi connectivity index (χ1) is 13.0. The summed E-state index contributed by atoms with van der Waals surface area (Å²) in [4.78, 5) is 27.0. The second-order valence-electron chi connectivity index (χ2n) is 6.01. The average molecular weight is 388 g/mol. The number of carbonyl (C=O) groups is 2. The summed E-state index contributed by atoms with van der Waals surface area (Å²) in [5.74, 6) is 0.426. The number of ether oxygens (including phenoxy) is 1. The van der Waals surface area contributed by atoms with Crippen LogP contribution in [0.1, 0.15) is 5.56 Å². The smallest absolute Gasteiger partial charge is 0.238 e. The van der Waals surface area contributed by atoms with Gasteiger partial charge in [0, 0.05) is 17.0 Å². The number of nitrogens with one attached hydrogen (secondary N) is 2. The van der Waals surface area contributed by atoms with Gasteiger partial charge in [0.25, 0.3) is 0 Å². The van der Waals surface area contributed by atoms with Crippen molar-refractivity contribution in [1.82, 2.24) is 10.2 Å². The molecule has 6 nitrogen and oxygen atoms in total. The van der Waals surface area contributed by atoms with E-state index in [0.717, 1.165) is 21.9 Å². The van der Waals surface area contributed by atoms with Crippen LogP contribution in [-0.4, -0.2) is 50.2 Å². The molecule has 0 fully saturated rings. The van der Waals surface area contributed by atoms with Crippen molar-refractivity contribution in [2.75, 3.05) is 38.8 Å². The molecule has 2 N–H and O–H groups in total. The molecule has 0 radical (unpaired) electrons. The number of thioether (sulfide) groups is 1. The van der Waals surface area contributed by atoms with Gasteiger partial charge in [-0.05, 0) is 31.5 Å². The van der Waals surface area contributed by atoms with Crippen LogP contribution < -0.4 is 15.4 Å². The molecule has 0 aliphatic heterocycles. The van der Waals surface area contributed by atoms with Crippen molar-refractivity contribution in [2.45, 2.75) is 11.4 Å². The maximum absolute atomic E-state index is 12.2. The molecule has 0 saturated carbocycles. The number of likely N-dealkylation sites (N-methyl/N-ethyl adjacent to an activating group) is 1. The third-order valence-electron chi connectivity index (χ3n) is 3.88. The van der Waals surface area contributed by atoms with Crippen molar-refractivity contribution in [3.63, 3.8) is 0 Å². The lowest BCUT2D eigenvalue weighted by atomic mass is 10.2. The molecule has 0 saturated heterocycles. The Morgan fingerprint density at radius 1 is 1.04 bits per heavy atom. The summed E-state index contributed by atoms with van der Waals surface area (Å²) in [5, 5.41) is 5.74. The summed E-state index contributed by atoms with van der Waals surface area (Å²) in [6, 6.07) is 15.2. The third-order valence-corrected chi connectivity index (χ3v) is 4.67. The fourth-order valence-corrected chi connectivity index (χ4v) is 3.14. The fraction of sp³-hybridized carbons (Fsp3) is 0.300. The van der Waals surface area contributed by atoms with Crippen LogP contribution in [0.4, 0.5) is 5.69 Å². The number of amides is 2. The standard InChI is InChI=1S/C20H25N3O3S/c1-23(14-20(25)22-16-9-5-7-11-18(16)27-3)13-19(24)21-12-15-8-4-6-10-17(15)26-2/h4-11H,12-14H2,1-3H3,(H,21,24)(H,22,25). The predicted octanol–water partition coefficient (Wildman–Crippen LogP) is 2.60. The second-order valence-corrected chi connectivity index (χ2v) is 6.86. The Balaban J connectivity index is 1.79. The van der Waals surface area contributed by atoms with Crippen LogP contribution in [0, 0.1) is 0 Å². The van der Waals surface area contributed by atoms with E-state index in [-0.39, 0.29) is 24.9 Å². The molecule has 2 aromatic rings. The highest BCUT2D eigenvalue weighted by Gasteiger charge is 2.12. The molecule has 2 rings (SSSR count). The van der Waals surface area contributed by atoms with Gasteiger partial charge >= 0.3 is 0 Å². The Labute approximate surface area is 164 Å². The Hall–Kier alpha value is -2.51. The van der Waals surface area contributed by atoms with Crippen LogP contribution >= 0.6 is 11.8 Å². The highest BCUT2D eigenvalue weighted by atomic mass is 32.2. The van der Waals surface area contributed by atoms with E-state index in [4.69, 9.17) is 4.74 Å². The zero-order valence-corrected chi connectivity index (χ0v) is 16.6. The van der Waals surface area contributed by atoms with Gasteiger partial charge in [0.15, 0.2) is 0 Å². The van der Waals surface area contributed by atoms with Crippen molar-refractivity contribution in [2.24, 2.45) is 0 Å². The van der Waals surface area contributed by atoms with Crippen LogP contribution in [-0.2, 0) is 16.1 Å². The lowest BCUT2D eigenvalue weighted by molar-refractivity contribution is -0.123. The van der Waals surface area contributed by atoms with Crippen molar-refractivity contribution >= 4 is 29.3 Å². The van der Waals surface area contributed by atoms with E-state index in [1.54, 1.807) is 30.8 Å². The van der Waals surface area contributed by atoms with E-state index in [1.165, 1.54) is 0 Å². The number of methoxy groups -OCH3 is 1. The summed E-state index contributed by atoms with van der Waals surface area (Å²) in [6.07, 6.45) is 1.96. The highest BCUT2D eigenvalue weighted by molar-refractivity contribution is 7.98. The first-order valence-corrected chi connectivity index (χ1v) is 9.76. The van der Waals surface area contributed by atoms with Crippen molar-refractivity contribution in [3.05, 3.63) is 54.1 Å². The van der Waals surface area contributed by atoms with Gasteiger partial charge in [-0.15, -0.1) is 11.8 Å². The van der Waals surface area contributed by atoms with Gasteiger partial charge in [0.2, 0.25) is 11.8 Å². The van der Waals surface area contributed by atoms with E-state index in [0.29, 0.717) is 6.54 Å². The van der Waals surface area contributed by atoms with E-state index >= 15 is 0 Å². The molecule has 27 heavy (non-hydrogen) atoms. The average Bonchev–Trinajstić information content (AvgIpc) is 2.66. The van der Waals surface area contributed by atoms with Gasteiger partial charge in [-0.3, -0.25) is 14.5 Å². The maximum atomic E-state index is 12.2. The second kappa shape index (κ2) is 10.6. The van der Waals surface area contributed by atoms with Crippen molar-refractivity contribution in [1.29, 1.82) is 0 Å². The largest absolute Gasteiger partial charge is 0.496 e. The van der Waals surface area contributed by atoms with Crippen LogP contribution in [0.3, 0.4) is 0 Å². The van der Waals surface area contributed by atoms with E-state index in [2.05, 4.69) is 10.6 Å².